The first-order valence-electron chi connectivity index (χ1n) is 5.40. The van der Waals surface area contributed by atoms with E-state index in [-0.39, 0.29) is 11.8 Å². The van der Waals surface area contributed by atoms with Gasteiger partial charge in [0, 0.05) is 30.3 Å². The largest absolute Gasteiger partial charge is 0.355 e. The summed E-state index contributed by atoms with van der Waals surface area (Å²) in [6.07, 6.45) is 0.578. The molecule has 15 heavy (non-hydrogen) atoms. The summed E-state index contributed by atoms with van der Waals surface area (Å²) in [5.74, 6) is 0.836. The lowest BCUT2D eigenvalue weighted by Crippen LogP contribution is -2.13. The maximum atomic E-state index is 11.1. The number of nitrogens with one attached hydrogen (secondary N) is 1. The minimum absolute atomic E-state index is 0.136. The molecule has 1 N–H and O–H groups in total. The van der Waals surface area contributed by atoms with Crippen molar-refractivity contribution in [1.29, 1.82) is 0 Å². The summed E-state index contributed by atoms with van der Waals surface area (Å²) in [7, 11) is 0. The Morgan fingerprint density at radius 1 is 1.47 bits per heavy atom. The van der Waals surface area contributed by atoms with Gasteiger partial charge in [0.05, 0.1) is 0 Å². The lowest BCUT2D eigenvalue weighted by molar-refractivity contribution is -0.119. The molecule has 3 heteroatoms. The molecule has 1 aliphatic rings. The van der Waals surface area contributed by atoms with Crippen LogP contribution in [0.4, 0.5) is 0 Å². The van der Waals surface area contributed by atoms with Crippen molar-refractivity contribution in [2.75, 3.05) is 6.54 Å². The molecule has 0 spiro atoms. The first kappa shape index (κ1) is 10.1. The van der Waals surface area contributed by atoms with Crippen LogP contribution in [-0.4, -0.2) is 17.4 Å². The maximum Gasteiger partial charge on any atom is 0.220 e. The molecule has 2 heterocycles. The number of pyridine rings is 1. The Bertz CT molecular complexity index is 374. The van der Waals surface area contributed by atoms with Crippen LogP contribution in [0.2, 0.25) is 0 Å². The van der Waals surface area contributed by atoms with E-state index in [1.165, 1.54) is 0 Å². The topological polar surface area (TPSA) is 42.0 Å². The molecule has 1 unspecified atom stereocenters. The van der Waals surface area contributed by atoms with E-state index in [0.29, 0.717) is 12.3 Å². The molecule has 1 aromatic heterocycles. The number of rotatable bonds is 2. The average molecular weight is 204 g/mol. The summed E-state index contributed by atoms with van der Waals surface area (Å²) in [4.78, 5) is 15.7. The number of hydrogen-bond acceptors (Lipinski definition) is 2. The molecule has 1 aromatic rings. The van der Waals surface area contributed by atoms with Crippen molar-refractivity contribution in [2.24, 2.45) is 0 Å². The third kappa shape index (κ3) is 2.17. The van der Waals surface area contributed by atoms with Gasteiger partial charge >= 0.3 is 0 Å². The number of hydrogen-bond donors (Lipinski definition) is 1. The normalized spacial score (nSPS) is 20.7. The SMILES string of the molecule is CC(C)c1cccc(C2CNC(=O)C2)n1. The zero-order chi connectivity index (χ0) is 10.8. The Morgan fingerprint density at radius 2 is 2.27 bits per heavy atom. The first-order chi connectivity index (χ1) is 7.16. The molecule has 0 bridgehead atoms. The number of carbonyl (C=O) groups excluding carboxylic acids is 1. The highest BCUT2D eigenvalue weighted by Crippen LogP contribution is 2.22. The van der Waals surface area contributed by atoms with Crippen LogP contribution in [0.1, 0.15) is 43.5 Å². The Morgan fingerprint density at radius 3 is 2.87 bits per heavy atom. The van der Waals surface area contributed by atoms with Crippen molar-refractivity contribution in [2.45, 2.75) is 32.1 Å². The third-order valence-electron chi connectivity index (χ3n) is 2.78. The van der Waals surface area contributed by atoms with Crippen LogP contribution in [-0.2, 0) is 4.79 Å². The number of nitrogens with zero attached hydrogens (tertiary/aromatic N) is 1. The Hall–Kier alpha value is -1.38. The highest BCUT2D eigenvalue weighted by molar-refractivity contribution is 5.79. The number of aromatic nitrogens is 1. The molecule has 0 aromatic carbocycles. The van der Waals surface area contributed by atoms with Crippen molar-refractivity contribution in [1.82, 2.24) is 10.3 Å². The molecule has 1 amide bonds. The monoisotopic (exact) mass is 204 g/mol. The first-order valence-corrected chi connectivity index (χ1v) is 5.40. The summed E-state index contributed by atoms with van der Waals surface area (Å²) < 4.78 is 0. The molecule has 3 nitrogen and oxygen atoms in total. The minimum atomic E-state index is 0.136. The van der Waals surface area contributed by atoms with E-state index in [1.54, 1.807) is 0 Å². The van der Waals surface area contributed by atoms with E-state index in [4.69, 9.17) is 0 Å². The van der Waals surface area contributed by atoms with Crippen LogP contribution in [0.15, 0.2) is 18.2 Å². The van der Waals surface area contributed by atoms with Gasteiger partial charge in [-0.15, -0.1) is 0 Å². The zero-order valence-electron chi connectivity index (χ0n) is 9.16. The Kier molecular flexibility index (Phi) is 2.71. The Balaban J connectivity index is 2.21. The van der Waals surface area contributed by atoms with Gasteiger partial charge in [0.25, 0.3) is 0 Å². The van der Waals surface area contributed by atoms with Gasteiger partial charge in [0.2, 0.25) is 5.91 Å². The van der Waals surface area contributed by atoms with Crippen molar-refractivity contribution >= 4 is 5.91 Å². The fraction of sp³-hybridized carbons (Fsp3) is 0.500. The van der Waals surface area contributed by atoms with Crippen LogP contribution in [0.5, 0.6) is 0 Å². The highest BCUT2D eigenvalue weighted by Gasteiger charge is 2.24. The molecule has 1 aliphatic heterocycles. The molecular weight excluding hydrogens is 188 g/mol. The van der Waals surface area contributed by atoms with E-state index in [2.05, 4.69) is 24.1 Å². The fourth-order valence-corrected chi connectivity index (χ4v) is 1.83. The Labute approximate surface area is 89.9 Å². The second-order valence-corrected chi connectivity index (χ2v) is 4.35. The van der Waals surface area contributed by atoms with E-state index in [0.717, 1.165) is 17.9 Å². The van der Waals surface area contributed by atoms with Gasteiger partial charge in [0.1, 0.15) is 0 Å². The van der Waals surface area contributed by atoms with Crippen LogP contribution in [0, 0.1) is 0 Å². The molecule has 80 valence electrons. The lowest BCUT2D eigenvalue weighted by atomic mass is 10.0. The number of amides is 1. The van der Waals surface area contributed by atoms with Crippen molar-refractivity contribution < 1.29 is 4.79 Å². The average Bonchev–Trinajstić information content (AvgIpc) is 2.65. The van der Waals surface area contributed by atoms with E-state index < -0.39 is 0 Å². The molecule has 0 radical (unpaired) electrons. The summed E-state index contributed by atoms with van der Waals surface area (Å²) in [6, 6.07) is 6.08. The van der Waals surface area contributed by atoms with Gasteiger partial charge < -0.3 is 5.32 Å². The van der Waals surface area contributed by atoms with E-state index in [9.17, 15) is 4.79 Å². The molecule has 2 rings (SSSR count). The highest BCUT2D eigenvalue weighted by atomic mass is 16.1. The minimum Gasteiger partial charge on any atom is -0.355 e. The number of carbonyl (C=O) groups is 1. The zero-order valence-corrected chi connectivity index (χ0v) is 9.16. The van der Waals surface area contributed by atoms with Gasteiger partial charge in [-0.25, -0.2) is 0 Å². The summed E-state index contributed by atoms with van der Waals surface area (Å²) in [5, 5.41) is 2.84. The van der Waals surface area contributed by atoms with Crippen LogP contribution in [0.25, 0.3) is 0 Å². The molecular formula is C12H16N2O. The quantitative estimate of drug-likeness (QED) is 0.798. The summed E-state index contributed by atoms with van der Waals surface area (Å²) in [5.41, 5.74) is 2.14. The molecule has 0 aliphatic carbocycles. The predicted octanol–water partition coefficient (Wildman–Crippen LogP) is 1.81. The van der Waals surface area contributed by atoms with Crippen LogP contribution in [0.3, 0.4) is 0 Å². The van der Waals surface area contributed by atoms with Gasteiger partial charge in [-0.3, -0.25) is 9.78 Å². The van der Waals surface area contributed by atoms with Gasteiger partial charge in [-0.1, -0.05) is 19.9 Å². The lowest BCUT2D eigenvalue weighted by Gasteiger charge is -2.10. The standard InChI is InChI=1S/C12H16N2O/c1-8(2)10-4-3-5-11(14-10)9-6-12(15)13-7-9/h3-5,8-9H,6-7H2,1-2H3,(H,13,15). The molecule has 0 saturated carbocycles. The van der Waals surface area contributed by atoms with Crippen molar-refractivity contribution in [3.63, 3.8) is 0 Å². The van der Waals surface area contributed by atoms with Crippen molar-refractivity contribution in [3.8, 4) is 0 Å². The molecule has 1 atom stereocenters. The third-order valence-corrected chi connectivity index (χ3v) is 2.78. The van der Waals surface area contributed by atoms with Gasteiger partial charge in [-0.05, 0) is 18.1 Å². The van der Waals surface area contributed by atoms with E-state index >= 15 is 0 Å². The predicted molar refractivity (Wildman–Crippen MR) is 58.7 cm³/mol. The smallest absolute Gasteiger partial charge is 0.220 e. The van der Waals surface area contributed by atoms with E-state index in [1.807, 2.05) is 18.2 Å². The molecule has 1 fully saturated rings. The fourth-order valence-electron chi connectivity index (χ4n) is 1.83. The summed E-state index contributed by atoms with van der Waals surface area (Å²) in [6.45, 7) is 4.99. The molecule has 1 saturated heterocycles. The van der Waals surface area contributed by atoms with Crippen molar-refractivity contribution in [3.05, 3.63) is 29.6 Å². The van der Waals surface area contributed by atoms with Crippen LogP contribution < -0.4 is 5.32 Å². The second kappa shape index (κ2) is 4.01. The second-order valence-electron chi connectivity index (χ2n) is 4.35. The van der Waals surface area contributed by atoms with Gasteiger partial charge in [0.15, 0.2) is 0 Å². The van der Waals surface area contributed by atoms with Crippen LogP contribution >= 0.6 is 0 Å². The summed E-state index contributed by atoms with van der Waals surface area (Å²) >= 11 is 0. The van der Waals surface area contributed by atoms with Gasteiger partial charge in [-0.2, -0.15) is 0 Å². The maximum absolute atomic E-state index is 11.1.